The van der Waals surface area contributed by atoms with Gasteiger partial charge in [-0.1, -0.05) is 0 Å². The number of hydrogen-bond donors (Lipinski definition) is 1. The van der Waals surface area contributed by atoms with E-state index < -0.39 is 5.97 Å². The Kier molecular flexibility index (Phi) is 4.63. The molecule has 0 amide bonds. The van der Waals surface area contributed by atoms with Crippen molar-refractivity contribution in [2.45, 2.75) is 25.7 Å². The Hall–Kier alpha value is -3.51. The van der Waals surface area contributed by atoms with Gasteiger partial charge >= 0.3 is 5.97 Å². The van der Waals surface area contributed by atoms with Crippen molar-refractivity contribution in [3.05, 3.63) is 48.2 Å². The van der Waals surface area contributed by atoms with Crippen LogP contribution in [0, 0.1) is 11.3 Å². The molecule has 2 atom stereocenters. The zero-order valence-electron chi connectivity index (χ0n) is 15.2. The Labute approximate surface area is 160 Å². The van der Waals surface area contributed by atoms with Crippen LogP contribution in [0.1, 0.15) is 23.0 Å². The molecular formula is C19H18N6O3. The number of nitrogens with zero attached hydrogens (tertiary/aromatic N) is 6. The van der Waals surface area contributed by atoms with Crippen molar-refractivity contribution >= 4 is 22.6 Å². The van der Waals surface area contributed by atoms with Gasteiger partial charge in [0.1, 0.15) is 11.6 Å². The highest BCUT2D eigenvalue weighted by Crippen LogP contribution is 2.29. The first-order valence-electron chi connectivity index (χ1n) is 8.85. The van der Waals surface area contributed by atoms with Crippen LogP contribution >= 0.6 is 0 Å². The van der Waals surface area contributed by atoms with Crippen LogP contribution in [0.3, 0.4) is 0 Å². The van der Waals surface area contributed by atoms with Crippen LogP contribution < -0.4 is 4.90 Å². The number of carboxylic acid groups (broad SMARTS) is 1. The van der Waals surface area contributed by atoms with Crippen LogP contribution in [-0.4, -0.2) is 56.1 Å². The van der Waals surface area contributed by atoms with Crippen molar-refractivity contribution in [1.29, 1.82) is 5.26 Å². The molecule has 0 radical (unpaired) electrons. The average Bonchev–Trinajstić information content (AvgIpc) is 3.15. The van der Waals surface area contributed by atoms with E-state index in [-0.39, 0.29) is 17.8 Å². The maximum Gasteiger partial charge on any atom is 0.338 e. The lowest BCUT2D eigenvalue weighted by atomic mass is 10.1. The molecule has 1 aliphatic rings. The van der Waals surface area contributed by atoms with Crippen LogP contribution in [0.4, 0.5) is 5.69 Å². The van der Waals surface area contributed by atoms with E-state index in [2.05, 4.69) is 26.0 Å². The standard InChI is InChI=1S/C19H18N6O3/c1-12-8-24(10-14(28-12)11-25-9-13(6-23-25)19(26)27)17-7-22-16(5-20)18-15(17)3-2-4-21-18/h2-4,6-7,9,12,14H,8,10-11H2,1H3,(H,26,27). The van der Waals surface area contributed by atoms with E-state index in [1.807, 2.05) is 19.1 Å². The summed E-state index contributed by atoms with van der Waals surface area (Å²) in [6.07, 6.45) is 5.97. The lowest BCUT2D eigenvalue weighted by Gasteiger charge is -2.38. The molecule has 3 aromatic rings. The number of carbonyl (C=O) groups is 1. The first-order chi connectivity index (χ1) is 13.5. The second kappa shape index (κ2) is 7.25. The zero-order valence-corrected chi connectivity index (χ0v) is 15.2. The first-order valence-corrected chi connectivity index (χ1v) is 8.85. The Bertz CT molecular complexity index is 1070. The van der Waals surface area contributed by atoms with Crippen LogP contribution in [0.2, 0.25) is 0 Å². The minimum absolute atomic E-state index is 0.0318. The quantitative estimate of drug-likeness (QED) is 0.729. The number of aromatic carboxylic acids is 1. The Morgan fingerprint density at radius 2 is 2.25 bits per heavy atom. The highest BCUT2D eigenvalue weighted by atomic mass is 16.5. The van der Waals surface area contributed by atoms with Gasteiger partial charge in [-0.3, -0.25) is 9.67 Å². The molecule has 4 heterocycles. The number of hydrogen-bond acceptors (Lipinski definition) is 7. The summed E-state index contributed by atoms with van der Waals surface area (Å²) in [5.41, 5.74) is 1.93. The molecular weight excluding hydrogens is 360 g/mol. The van der Waals surface area contributed by atoms with Crippen molar-refractivity contribution in [2.75, 3.05) is 18.0 Å². The number of fused-ring (bicyclic) bond motifs is 1. The number of carboxylic acids is 1. The molecule has 1 fully saturated rings. The maximum absolute atomic E-state index is 11.0. The summed E-state index contributed by atoms with van der Waals surface area (Å²) < 4.78 is 7.61. The third-order valence-electron chi connectivity index (χ3n) is 4.67. The lowest BCUT2D eigenvalue weighted by Crippen LogP contribution is -2.48. The molecule has 0 bridgehead atoms. The van der Waals surface area contributed by atoms with E-state index in [4.69, 9.17) is 9.84 Å². The van der Waals surface area contributed by atoms with Crippen LogP contribution in [0.5, 0.6) is 0 Å². The van der Waals surface area contributed by atoms with Gasteiger partial charge in [-0.15, -0.1) is 0 Å². The van der Waals surface area contributed by atoms with E-state index in [0.717, 1.165) is 11.1 Å². The summed E-state index contributed by atoms with van der Waals surface area (Å²) >= 11 is 0. The molecule has 3 aromatic heterocycles. The first kappa shape index (κ1) is 17.9. The second-order valence-corrected chi connectivity index (χ2v) is 6.73. The summed E-state index contributed by atoms with van der Waals surface area (Å²) in [4.78, 5) is 21.8. The number of morpholine rings is 1. The minimum atomic E-state index is -1.01. The van der Waals surface area contributed by atoms with Crippen molar-refractivity contribution < 1.29 is 14.6 Å². The molecule has 0 saturated carbocycles. The van der Waals surface area contributed by atoms with E-state index >= 15 is 0 Å². The number of anilines is 1. The maximum atomic E-state index is 11.0. The lowest BCUT2D eigenvalue weighted by molar-refractivity contribution is -0.0255. The number of ether oxygens (including phenoxy) is 1. The third-order valence-corrected chi connectivity index (χ3v) is 4.67. The largest absolute Gasteiger partial charge is 0.478 e. The van der Waals surface area contributed by atoms with Crippen molar-refractivity contribution in [2.24, 2.45) is 0 Å². The predicted molar refractivity (Wildman–Crippen MR) is 100.0 cm³/mol. The summed E-state index contributed by atoms with van der Waals surface area (Å²) in [5, 5.41) is 23.3. The fourth-order valence-electron chi connectivity index (χ4n) is 3.52. The van der Waals surface area contributed by atoms with Crippen LogP contribution in [0.25, 0.3) is 10.9 Å². The van der Waals surface area contributed by atoms with Gasteiger partial charge in [-0.05, 0) is 19.1 Å². The SMILES string of the molecule is CC1CN(c2cnc(C#N)c3ncccc23)CC(Cn2cc(C(=O)O)cn2)O1. The molecule has 2 unspecified atom stereocenters. The van der Waals surface area contributed by atoms with Gasteiger partial charge in [0.2, 0.25) is 0 Å². The van der Waals surface area contributed by atoms with Crippen molar-refractivity contribution in [1.82, 2.24) is 19.7 Å². The van der Waals surface area contributed by atoms with E-state index in [1.54, 1.807) is 17.1 Å². The number of aromatic nitrogens is 4. The summed E-state index contributed by atoms with van der Waals surface area (Å²) in [6, 6.07) is 5.86. The summed E-state index contributed by atoms with van der Waals surface area (Å²) in [5.74, 6) is -1.01. The smallest absolute Gasteiger partial charge is 0.338 e. The van der Waals surface area contributed by atoms with Crippen molar-refractivity contribution in [3.63, 3.8) is 0 Å². The molecule has 0 aromatic carbocycles. The van der Waals surface area contributed by atoms with Gasteiger partial charge in [0.15, 0.2) is 5.69 Å². The molecule has 28 heavy (non-hydrogen) atoms. The van der Waals surface area contributed by atoms with Gasteiger partial charge in [-0.25, -0.2) is 9.78 Å². The van der Waals surface area contributed by atoms with E-state index in [1.165, 1.54) is 12.4 Å². The Morgan fingerprint density at radius 3 is 3.00 bits per heavy atom. The molecule has 1 N–H and O–H groups in total. The zero-order chi connectivity index (χ0) is 19.7. The topological polar surface area (TPSA) is 117 Å². The van der Waals surface area contributed by atoms with Crippen LogP contribution in [-0.2, 0) is 11.3 Å². The number of rotatable bonds is 4. The van der Waals surface area contributed by atoms with Gasteiger partial charge in [0.25, 0.3) is 0 Å². The monoisotopic (exact) mass is 378 g/mol. The Balaban J connectivity index is 1.61. The molecule has 142 valence electrons. The predicted octanol–water partition coefficient (Wildman–Crippen LogP) is 1.69. The van der Waals surface area contributed by atoms with E-state index in [9.17, 15) is 10.1 Å². The van der Waals surface area contributed by atoms with Crippen LogP contribution in [0.15, 0.2) is 36.9 Å². The third kappa shape index (κ3) is 3.37. The fraction of sp³-hybridized carbons (Fsp3) is 0.316. The molecule has 0 aliphatic carbocycles. The number of pyridine rings is 2. The highest BCUT2D eigenvalue weighted by Gasteiger charge is 2.28. The van der Waals surface area contributed by atoms with E-state index in [0.29, 0.717) is 30.8 Å². The molecule has 9 heteroatoms. The molecule has 0 spiro atoms. The molecule has 1 saturated heterocycles. The summed E-state index contributed by atoms with van der Waals surface area (Å²) in [7, 11) is 0. The number of nitriles is 1. The highest BCUT2D eigenvalue weighted by molar-refractivity contribution is 5.93. The summed E-state index contributed by atoms with van der Waals surface area (Å²) in [6.45, 7) is 3.69. The van der Waals surface area contributed by atoms with Gasteiger partial charge < -0.3 is 14.7 Å². The molecule has 9 nitrogen and oxygen atoms in total. The molecule has 1 aliphatic heterocycles. The minimum Gasteiger partial charge on any atom is -0.478 e. The van der Waals surface area contributed by atoms with Gasteiger partial charge in [0.05, 0.1) is 42.4 Å². The van der Waals surface area contributed by atoms with Gasteiger partial charge in [0, 0.05) is 30.9 Å². The Morgan fingerprint density at radius 1 is 1.39 bits per heavy atom. The normalized spacial score (nSPS) is 19.5. The fourth-order valence-corrected chi connectivity index (χ4v) is 3.52. The van der Waals surface area contributed by atoms with Gasteiger partial charge in [-0.2, -0.15) is 10.4 Å². The molecule has 4 rings (SSSR count). The average molecular weight is 378 g/mol. The van der Waals surface area contributed by atoms with Crippen molar-refractivity contribution in [3.8, 4) is 6.07 Å². The second-order valence-electron chi connectivity index (χ2n) is 6.73.